The standard InChI is InChI=1S/C24H22ClNO2/c1-14(2)16-5-7-20-21(12-26-22(20)10-16)23(27)13-28-24-11-17-4-6-19(25)9-18(17)8-15(24)3/h4-12,14,26H,13H2,1-3H3. The van der Waals surface area contributed by atoms with Gasteiger partial charge in [-0.25, -0.2) is 0 Å². The van der Waals surface area contributed by atoms with Crippen LogP contribution in [0.5, 0.6) is 5.75 Å². The minimum Gasteiger partial charge on any atom is -0.485 e. The van der Waals surface area contributed by atoms with Crippen molar-refractivity contribution in [2.75, 3.05) is 6.61 Å². The number of Topliss-reactive ketones (excluding diaryl/α,β-unsaturated/α-hetero) is 1. The minimum absolute atomic E-state index is 0.00117. The molecule has 0 atom stereocenters. The van der Waals surface area contributed by atoms with Crippen molar-refractivity contribution in [3.8, 4) is 5.75 Å². The van der Waals surface area contributed by atoms with Crippen LogP contribution in [-0.2, 0) is 0 Å². The lowest BCUT2D eigenvalue weighted by Gasteiger charge is -2.10. The van der Waals surface area contributed by atoms with Crippen LogP contribution in [0.2, 0.25) is 5.02 Å². The van der Waals surface area contributed by atoms with Gasteiger partial charge in [-0.05, 0) is 65.1 Å². The molecule has 3 aromatic carbocycles. The fourth-order valence-electron chi connectivity index (χ4n) is 3.47. The quantitative estimate of drug-likeness (QED) is 0.386. The molecule has 0 aliphatic carbocycles. The van der Waals surface area contributed by atoms with Gasteiger partial charge in [0.15, 0.2) is 6.61 Å². The van der Waals surface area contributed by atoms with Crippen molar-refractivity contribution in [2.45, 2.75) is 26.7 Å². The predicted octanol–water partition coefficient (Wildman–Crippen LogP) is 6.67. The Kier molecular flexibility index (Phi) is 4.86. The van der Waals surface area contributed by atoms with E-state index >= 15 is 0 Å². The van der Waals surface area contributed by atoms with Gasteiger partial charge in [0.1, 0.15) is 5.75 Å². The molecule has 0 aliphatic rings. The average Bonchev–Trinajstić information content (AvgIpc) is 3.09. The topological polar surface area (TPSA) is 42.1 Å². The highest BCUT2D eigenvalue weighted by molar-refractivity contribution is 6.31. The summed E-state index contributed by atoms with van der Waals surface area (Å²) >= 11 is 6.07. The van der Waals surface area contributed by atoms with Crippen molar-refractivity contribution in [2.24, 2.45) is 0 Å². The molecule has 4 rings (SSSR count). The predicted molar refractivity (Wildman–Crippen MR) is 116 cm³/mol. The van der Waals surface area contributed by atoms with Crippen LogP contribution in [0.25, 0.3) is 21.7 Å². The van der Waals surface area contributed by atoms with E-state index in [9.17, 15) is 4.79 Å². The van der Waals surface area contributed by atoms with Gasteiger partial charge in [0, 0.05) is 27.7 Å². The molecule has 0 fully saturated rings. The second-order valence-corrected chi connectivity index (χ2v) is 7.92. The molecule has 0 unspecified atom stereocenters. The maximum Gasteiger partial charge on any atom is 0.202 e. The second kappa shape index (κ2) is 7.33. The van der Waals surface area contributed by atoms with E-state index in [1.54, 1.807) is 6.20 Å². The lowest BCUT2D eigenvalue weighted by Crippen LogP contribution is -2.11. The highest BCUT2D eigenvalue weighted by Crippen LogP contribution is 2.28. The highest BCUT2D eigenvalue weighted by Gasteiger charge is 2.14. The monoisotopic (exact) mass is 391 g/mol. The smallest absolute Gasteiger partial charge is 0.202 e. The number of H-pyrrole nitrogens is 1. The number of hydrogen-bond acceptors (Lipinski definition) is 2. The summed E-state index contributed by atoms with van der Waals surface area (Å²) in [7, 11) is 0. The van der Waals surface area contributed by atoms with Crippen molar-refractivity contribution >= 4 is 39.1 Å². The zero-order valence-corrected chi connectivity index (χ0v) is 16.9. The first kappa shape index (κ1) is 18.6. The second-order valence-electron chi connectivity index (χ2n) is 7.48. The number of benzene rings is 3. The van der Waals surface area contributed by atoms with Crippen LogP contribution in [0.1, 0.15) is 41.3 Å². The Bertz CT molecular complexity index is 1190. The fraction of sp³-hybridized carbons (Fsp3) is 0.208. The molecule has 1 aromatic heterocycles. The molecule has 0 aliphatic heterocycles. The number of ether oxygens (including phenoxy) is 1. The molecule has 4 aromatic rings. The molecule has 0 spiro atoms. The highest BCUT2D eigenvalue weighted by atomic mass is 35.5. The third-order valence-corrected chi connectivity index (χ3v) is 5.36. The number of fused-ring (bicyclic) bond motifs is 2. The van der Waals surface area contributed by atoms with Crippen LogP contribution >= 0.6 is 11.6 Å². The maximum atomic E-state index is 12.8. The lowest BCUT2D eigenvalue weighted by atomic mass is 10.0. The summed E-state index contributed by atoms with van der Waals surface area (Å²) < 4.78 is 5.88. The van der Waals surface area contributed by atoms with Gasteiger partial charge >= 0.3 is 0 Å². The number of ketones is 1. The van der Waals surface area contributed by atoms with E-state index in [4.69, 9.17) is 16.3 Å². The zero-order chi connectivity index (χ0) is 19.8. The van der Waals surface area contributed by atoms with Crippen molar-refractivity contribution in [1.29, 1.82) is 0 Å². The summed E-state index contributed by atoms with van der Waals surface area (Å²) in [5.41, 5.74) is 3.86. The number of rotatable bonds is 5. The molecule has 1 heterocycles. The molecule has 3 nitrogen and oxygen atoms in total. The number of carbonyl (C=O) groups excluding carboxylic acids is 1. The number of aromatic nitrogens is 1. The Morgan fingerprint density at radius 3 is 2.68 bits per heavy atom. The van der Waals surface area contributed by atoms with E-state index in [2.05, 4.69) is 31.0 Å². The molecule has 0 saturated carbocycles. The Hall–Kier alpha value is -2.78. The van der Waals surface area contributed by atoms with Gasteiger partial charge in [-0.1, -0.05) is 43.6 Å². The van der Waals surface area contributed by atoms with E-state index in [1.165, 1.54) is 5.56 Å². The SMILES string of the molecule is Cc1cc2cc(Cl)ccc2cc1OCC(=O)c1c[nH]c2cc(C(C)C)ccc12. The van der Waals surface area contributed by atoms with Crippen molar-refractivity contribution in [1.82, 2.24) is 4.98 Å². The molecule has 0 saturated heterocycles. The van der Waals surface area contributed by atoms with Crippen molar-refractivity contribution in [3.63, 3.8) is 0 Å². The van der Waals surface area contributed by atoms with Gasteiger partial charge < -0.3 is 9.72 Å². The van der Waals surface area contributed by atoms with Gasteiger partial charge in [-0.3, -0.25) is 4.79 Å². The van der Waals surface area contributed by atoms with Gasteiger partial charge in [0.2, 0.25) is 5.78 Å². The third-order valence-electron chi connectivity index (χ3n) is 5.13. The average molecular weight is 392 g/mol. The van der Waals surface area contributed by atoms with Crippen LogP contribution in [0.3, 0.4) is 0 Å². The number of halogens is 1. The van der Waals surface area contributed by atoms with E-state index in [0.29, 0.717) is 22.3 Å². The summed E-state index contributed by atoms with van der Waals surface area (Å²) in [6.45, 7) is 6.28. The summed E-state index contributed by atoms with van der Waals surface area (Å²) in [4.78, 5) is 16.0. The van der Waals surface area contributed by atoms with Gasteiger partial charge in [-0.15, -0.1) is 0 Å². The first-order valence-corrected chi connectivity index (χ1v) is 9.77. The summed E-state index contributed by atoms with van der Waals surface area (Å²) in [6, 6.07) is 15.9. The fourth-order valence-corrected chi connectivity index (χ4v) is 3.65. The largest absolute Gasteiger partial charge is 0.485 e. The zero-order valence-electron chi connectivity index (χ0n) is 16.2. The third kappa shape index (κ3) is 3.50. The minimum atomic E-state index is -0.0425. The molecule has 4 heteroatoms. The normalized spacial score (nSPS) is 11.5. The molecule has 0 bridgehead atoms. The van der Waals surface area contributed by atoms with E-state index in [0.717, 1.165) is 27.2 Å². The summed E-state index contributed by atoms with van der Waals surface area (Å²) in [5, 5.41) is 3.73. The van der Waals surface area contributed by atoms with Gasteiger partial charge in [0.05, 0.1) is 0 Å². The Morgan fingerprint density at radius 2 is 1.89 bits per heavy atom. The first-order valence-electron chi connectivity index (χ1n) is 9.39. The Labute approximate surface area is 169 Å². The van der Waals surface area contributed by atoms with Crippen LogP contribution in [0.4, 0.5) is 0 Å². The first-order chi connectivity index (χ1) is 13.4. The maximum absolute atomic E-state index is 12.8. The molecule has 0 amide bonds. The molecular weight excluding hydrogens is 370 g/mol. The van der Waals surface area contributed by atoms with Gasteiger partial charge in [-0.2, -0.15) is 0 Å². The molecule has 0 radical (unpaired) electrons. The molecule has 142 valence electrons. The summed E-state index contributed by atoms with van der Waals surface area (Å²) in [5.74, 6) is 1.12. The van der Waals surface area contributed by atoms with Crippen molar-refractivity contribution < 1.29 is 9.53 Å². The molecule has 1 N–H and O–H groups in total. The summed E-state index contributed by atoms with van der Waals surface area (Å²) in [6.07, 6.45) is 1.77. The number of aromatic amines is 1. The van der Waals surface area contributed by atoms with Crippen LogP contribution in [0.15, 0.2) is 54.7 Å². The molecular formula is C24H22ClNO2. The van der Waals surface area contributed by atoms with Crippen LogP contribution < -0.4 is 4.74 Å². The number of aryl methyl sites for hydroxylation is 1. The van der Waals surface area contributed by atoms with Crippen LogP contribution in [0, 0.1) is 6.92 Å². The van der Waals surface area contributed by atoms with E-state index in [1.807, 2.05) is 43.3 Å². The Morgan fingerprint density at radius 1 is 1.07 bits per heavy atom. The van der Waals surface area contributed by atoms with E-state index < -0.39 is 0 Å². The van der Waals surface area contributed by atoms with Crippen molar-refractivity contribution in [3.05, 3.63) is 76.4 Å². The van der Waals surface area contributed by atoms with Crippen LogP contribution in [-0.4, -0.2) is 17.4 Å². The van der Waals surface area contributed by atoms with Gasteiger partial charge in [0.25, 0.3) is 0 Å². The Balaban J connectivity index is 1.56. The number of nitrogens with one attached hydrogen (secondary N) is 1. The number of hydrogen-bond donors (Lipinski definition) is 1. The molecule has 28 heavy (non-hydrogen) atoms. The van der Waals surface area contributed by atoms with E-state index in [-0.39, 0.29) is 12.4 Å². The number of carbonyl (C=O) groups is 1. The lowest BCUT2D eigenvalue weighted by molar-refractivity contribution is 0.0923.